The predicted octanol–water partition coefficient (Wildman–Crippen LogP) is 3.12. The number of sulfone groups is 1. The van der Waals surface area contributed by atoms with Gasteiger partial charge in [0.1, 0.15) is 6.33 Å². The lowest BCUT2D eigenvalue weighted by Crippen LogP contribution is -2.14. The second kappa shape index (κ2) is 7.95. The maximum atomic E-state index is 11.6. The van der Waals surface area contributed by atoms with Gasteiger partial charge in [0.15, 0.2) is 9.84 Å². The van der Waals surface area contributed by atoms with Crippen molar-refractivity contribution in [3.63, 3.8) is 0 Å². The smallest absolute Gasteiger partial charge is 0.234 e. The molecule has 0 saturated carbocycles. The molecule has 0 amide bonds. The Hall–Kier alpha value is -3.53. The van der Waals surface area contributed by atoms with Crippen LogP contribution in [0.1, 0.15) is 11.3 Å². The van der Waals surface area contributed by atoms with Gasteiger partial charge in [0.2, 0.25) is 11.9 Å². The normalized spacial score (nSPS) is 11.6. The van der Waals surface area contributed by atoms with E-state index >= 15 is 0 Å². The fourth-order valence-electron chi connectivity index (χ4n) is 3.32. The van der Waals surface area contributed by atoms with E-state index < -0.39 is 9.84 Å². The van der Waals surface area contributed by atoms with Gasteiger partial charge in [-0.25, -0.2) is 18.4 Å². The third-order valence-corrected chi connectivity index (χ3v) is 5.83. The van der Waals surface area contributed by atoms with Crippen LogP contribution in [0, 0.1) is 6.92 Å². The Morgan fingerprint density at radius 3 is 2.71 bits per heavy atom. The summed E-state index contributed by atoms with van der Waals surface area (Å²) in [7, 11) is 0.687. The number of hydrogen-bond acceptors (Lipinski definition) is 8. The number of nitrogens with zero attached hydrogens (tertiary/aromatic N) is 6. The molecular weight excluding hydrogens is 414 g/mol. The SMILES string of the molecule is Cc1c2ccc(N(C)c3ncnc(Nc4cccc(CS(C)(=O)=O)c4)n3)cc2nn1C. The summed E-state index contributed by atoms with van der Waals surface area (Å²) in [5, 5.41) is 8.76. The molecule has 0 aliphatic carbocycles. The van der Waals surface area contributed by atoms with Gasteiger partial charge in [0.05, 0.1) is 11.3 Å². The van der Waals surface area contributed by atoms with Crippen molar-refractivity contribution in [2.24, 2.45) is 7.05 Å². The van der Waals surface area contributed by atoms with Crippen LogP contribution < -0.4 is 10.2 Å². The molecule has 0 aliphatic heterocycles. The van der Waals surface area contributed by atoms with E-state index in [9.17, 15) is 8.42 Å². The van der Waals surface area contributed by atoms with Crippen LogP contribution in [-0.4, -0.2) is 46.5 Å². The third-order valence-electron chi connectivity index (χ3n) is 4.97. The summed E-state index contributed by atoms with van der Waals surface area (Å²) < 4.78 is 25.0. The van der Waals surface area contributed by atoms with Crippen molar-refractivity contribution in [3.8, 4) is 0 Å². The van der Waals surface area contributed by atoms with Crippen molar-refractivity contribution in [3.05, 3.63) is 60.0 Å². The first-order valence-corrected chi connectivity index (χ1v) is 11.7. The second-order valence-electron chi connectivity index (χ2n) is 7.47. The van der Waals surface area contributed by atoms with Gasteiger partial charge in [0.25, 0.3) is 0 Å². The van der Waals surface area contributed by atoms with Crippen LogP contribution in [0.4, 0.5) is 23.3 Å². The molecule has 0 radical (unpaired) electrons. The molecule has 9 nitrogen and oxygen atoms in total. The van der Waals surface area contributed by atoms with E-state index in [0.29, 0.717) is 23.1 Å². The Kier molecular flexibility index (Phi) is 5.32. The Bertz CT molecular complexity index is 1370. The summed E-state index contributed by atoms with van der Waals surface area (Å²) in [6.07, 6.45) is 2.65. The lowest BCUT2D eigenvalue weighted by molar-refractivity contribution is 0.601. The summed E-state index contributed by atoms with van der Waals surface area (Å²) in [4.78, 5) is 14.8. The zero-order valence-electron chi connectivity index (χ0n) is 17.7. The van der Waals surface area contributed by atoms with E-state index in [4.69, 9.17) is 0 Å². The first kappa shape index (κ1) is 20.7. The topological polar surface area (TPSA) is 106 Å². The number of aryl methyl sites for hydroxylation is 2. The van der Waals surface area contributed by atoms with E-state index in [-0.39, 0.29) is 5.75 Å². The Balaban J connectivity index is 1.58. The van der Waals surface area contributed by atoms with Crippen LogP contribution in [0.5, 0.6) is 0 Å². The maximum Gasteiger partial charge on any atom is 0.234 e. The highest BCUT2D eigenvalue weighted by Crippen LogP contribution is 2.26. The quantitative estimate of drug-likeness (QED) is 0.490. The van der Waals surface area contributed by atoms with E-state index in [1.54, 1.807) is 18.2 Å². The molecule has 0 atom stereocenters. The average molecular weight is 438 g/mol. The summed E-state index contributed by atoms with van der Waals surface area (Å²) in [5.74, 6) is 0.809. The zero-order chi connectivity index (χ0) is 22.2. The minimum Gasteiger partial charge on any atom is -0.324 e. The molecule has 1 N–H and O–H groups in total. The highest BCUT2D eigenvalue weighted by Gasteiger charge is 2.12. The lowest BCUT2D eigenvalue weighted by Gasteiger charge is -2.17. The minimum atomic E-state index is -3.11. The Morgan fingerprint density at radius 1 is 1.13 bits per heavy atom. The molecule has 160 valence electrons. The van der Waals surface area contributed by atoms with E-state index in [0.717, 1.165) is 22.3 Å². The van der Waals surface area contributed by atoms with Gasteiger partial charge in [-0.15, -0.1) is 0 Å². The fraction of sp³-hybridized carbons (Fsp3) is 0.238. The molecule has 0 saturated heterocycles. The van der Waals surface area contributed by atoms with Crippen LogP contribution in [0.15, 0.2) is 48.8 Å². The van der Waals surface area contributed by atoms with Gasteiger partial charge < -0.3 is 10.2 Å². The van der Waals surface area contributed by atoms with Crippen LogP contribution in [0.25, 0.3) is 10.9 Å². The van der Waals surface area contributed by atoms with Crippen LogP contribution in [0.2, 0.25) is 0 Å². The molecule has 4 rings (SSSR count). The van der Waals surface area contributed by atoms with Gasteiger partial charge in [-0.3, -0.25) is 4.68 Å². The summed E-state index contributed by atoms with van der Waals surface area (Å²) in [6, 6.07) is 13.2. The molecule has 0 spiro atoms. The van der Waals surface area contributed by atoms with Crippen LogP contribution in [0.3, 0.4) is 0 Å². The molecule has 2 heterocycles. The van der Waals surface area contributed by atoms with E-state index in [2.05, 4.69) is 25.4 Å². The lowest BCUT2D eigenvalue weighted by atomic mass is 10.2. The molecular formula is C21H23N7O2S. The van der Waals surface area contributed by atoms with Gasteiger partial charge in [-0.05, 0) is 42.8 Å². The number of aromatic nitrogens is 5. The first-order valence-electron chi connectivity index (χ1n) is 9.59. The molecule has 0 aliphatic rings. The second-order valence-corrected chi connectivity index (χ2v) is 9.61. The van der Waals surface area contributed by atoms with Gasteiger partial charge >= 0.3 is 0 Å². The Morgan fingerprint density at radius 2 is 1.94 bits per heavy atom. The fourth-order valence-corrected chi connectivity index (χ4v) is 4.11. The highest BCUT2D eigenvalue weighted by molar-refractivity contribution is 7.89. The molecule has 31 heavy (non-hydrogen) atoms. The number of nitrogens with one attached hydrogen (secondary N) is 1. The molecule has 0 fully saturated rings. The summed E-state index contributed by atoms with van der Waals surface area (Å²) >= 11 is 0. The van der Waals surface area contributed by atoms with Crippen molar-refractivity contribution >= 4 is 44.0 Å². The summed E-state index contributed by atoms with van der Waals surface area (Å²) in [5.41, 5.74) is 4.30. The van der Waals surface area contributed by atoms with E-state index in [1.807, 2.05) is 54.9 Å². The highest BCUT2D eigenvalue weighted by atomic mass is 32.2. The number of rotatable bonds is 6. The maximum absolute atomic E-state index is 11.6. The number of hydrogen-bond donors (Lipinski definition) is 1. The monoisotopic (exact) mass is 437 g/mol. The minimum absolute atomic E-state index is 0.0246. The van der Waals surface area contributed by atoms with Crippen molar-refractivity contribution < 1.29 is 8.42 Å². The van der Waals surface area contributed by atoms with Crippen LogP contribution >= 0.6 is 0 Å². The summed E-state index contributed by atoms with van der Waals surface area (Å²) in [6.45, 7) is 2.04. The largest absolute Gasteiger partial charge is 0.324 e. The molecule has 10 heteroatoms. The zero-order valence-corrected chi connectivity index (χ0v) is 18.6. The van der Waals surface area contributed by atoms with Crippen molar-refractivity contribution in [1.29, 1.82) is 0 Å². The molecule has 0 unspecified atom stereocenters. The van der Waals surface area contributed by atoms with Crippen molar-refractivity contribution in [1.82, 2.24) is 24.7 Å². The third kappa shape index (κ3) is 4.64. The number of fused-ring (bicyclic) bond motifs is 1. The number of benzene rings is 2. The Labute approximate surface area is 180 Å². The molecule has 0 bridgehead atoms. The first-order chi connectivity index (χ1) is 14.7. The molecule has 4 aromatic rings. The van der Waals surface area contributed by atoms with Crippen molar-refractivity contribution in [2.45, 2.75) is 12.7 Å². The average Bonchev–Trinajstić information content (AvgIpc) is 3.00. The number of anilines is 4. The molecule has 2 aromatic heterocycles. The van der Waals surface area contributed by atoms with Gasteiger partial charge in [-0.1, -0.05) is 12.1 Å². The van der Waals surface area contributed by atoms with Crippen LogP contribution in [-0.2, 0) is 22.6 Å². The van der Waals surface area contributed by atoms with E-state index in [1.165, 1.54) is 12.6 Å². The van der Waals surface area contributed by atoms with Gasteiger partial charge in [-0.2, -0.15) is 10.1 Å². The predicted molar refractivity (Wildman–Crippen MR) is 122 cm³/mol. The standard InChI is InChI=1S/C21H23N7O2S/c1-14-18-9-8-17(11-19(18)26-28(14)3)27(2)21-23-13-22-20(25-21)24-16-7-5-6-15(10-16)12-31(4,29)30/h5-11,13H,12H2,1-4H3,(H,22,23,24,25). The van der Waals surface area contributed by atoms with Crippen molar-refractivity contribution in [2.75, 3.05) is 23.5 Å². The van der Waals surface area contributed by atoms with Gasteiger partial charge in [0, 0.05) is 42.8 Å². The molecule has 2 aromatic carbocycles.